The highest BCUT2D eigenvalue weighted by Gasteiger charge is 2.42. The summed E-state index contributed by atoms with van der Waals surface area (Å²) < 4.78 is 1.49. The Labute approximate surface area is 155 Å². The normalized spacial score (nSPS) is 22.2. The lowest BCUT2D eigenvalue weighted by Gasteiger charge is -2.39. The first-order valence-corrected chi connectivity index (χ1v) is 8.64. The summed E-state index contributed by atoms with van der Waals surface area (Å²) in [6, 6.07) is 4.17. The van der Waals surface area contributed by atoms with Gasteiger partial charge in [-0.3, -0.25) is 19.7 Å². The number of hydrogen-bond donors (Lipinski definition) is 2. The third-order valence-electron chi connectivity index (χ3n) is 5.12. The lowest BCUT2D eigenvalue weighted by Crippen LogP contribution is -2.55. The first kappa shape index (κ1) is 18.6. The summed E-state index contributed by atoms with van der Waals surface area (Å²) in [5.74, 6) is -2.15. The number of aliphatic carboxylic acids is 1. The lowest BCUT2D eigenvalue weighted by atomic mass is 9.73. The van der Waals surface area contributed by atoms with E-state index >= 15 is 0 Å². The molecule has 1 aliphatic carbocycles. The number of nitro benzene ring substituents is 1. The third kappa shape index (κ3) is 3.67. The topological polar surface area (TPSA) is 127 Å². The van der Waals surface area contributed by atoms with Gasteiger partial charge < -0.3 is 15.0 Å². The number of carboxylic acid groups (broad SMARTS) is 1. The van der Waals surface area contributed by atoms with E-state index in [-0.39, 0.29) is 11.3 Å². The Morgan fingerprint density at radius 2 is 2.19 bits per heavy atom. The van der Waals surface area contributed by atoms with Gasteiger partial charge in [-0.05, 0) is 31.9 Å². The van der Waals surface area contributed by atoms with Crippen LogP contribution >= 0.6 is 0 Å². The molecule has 0 radical (unpaired) electrons. The van der Waals surface area contributed by atoms with Crippen molar-refractivity contribution in [3.8, 4) is 5.69 Å². The molecule has 1 amide bonds. The molecule has 3 rings (SSSR count). The molecule has 1 heterocycles. The summed E-state index contributed by atoms with van der Waals surface area (Å²) in [5.41, 5.74) is -0.717. The average Bonchev–Trinajstić information content (AvgIpc) is 3.15. The Balaban J connectivity index is 1.90. The monoisotopic (exact) mass is 372 g/mol. The van der Waals surface area contributed by atoms with Crippen molar-refractivity contribution in [2.45, 2.75) is 38.1 Å². The summed E-state index contributed by atoms with van der Waals surface area (Å²) in [6.07, 6.45) is 7.16. The quantitative estimate of drug-likeness (QED) is 0.613. The molecule has 0 saturated heterocycles. The van der Waals surface area contributed by atoms with E-state index in [1.54, 1.807) is 13.1 Å². The van der Waals surface area contributed by atoms with Crippen LogP contribution in [0.4, 0.5) is 5.69 Å². The number of carbonyl (C=O) groups excluding carboxylic acids is 1. The molecular weight excluding hydrogens is 352 g/mol. The van der Waals surface area contributed by atoms with Gasteiger partial charge in [-0.2, -0.15) is 0 Å². The second-order valence-electron chi connectivity index (χ2n) is 6.94. The standard InChI is InChI=1S/C18H20N4O5/c1-18(7-3-2-4-13(18)17(24)25)20-16(23)12-5-6-14(15(10-12)22(26)27)21-9-8-19-11-21/h5-6,8-11,13H,2-4,7H2,1H3,(H,20,23)(H,24,25). The zero-order valence-corrected chi connectivity index (χ0v) is 14.8. The van der Waals surface area contributed by atoms with E-state index in [2.05, 4.69) is 10.3 Å². The average molecular weight is 372 g/mol. The Morgan fingerprint density at radius 1 is 1.41 bits per heavy atom. The molecule has 1 aromatic carbocycles. The van der Waals surface area contributed by atoms with Crippen LogP contribution in [0.3, 0.4) is 0 Å². The summed E-state index contributed by atoms with van der Waals surface area (Å²) in [5, 5.41) is 23.7. The molecule has 1 aliphatic rings. The van der Waals surface area contributed by atoms with Gasteiger partial charge in [0, 0.05) is 24.0 Å². The maximum Gasteiger partial charge on any atom is 0.308 e. The minimum atomic E-state index is -0.945. The molecule has 2 aromatic rings. The van der Waals surface area contributed by atoms with Gasteiger partial charge in [0.05, 0.1) is 22.7 Å². The summed E-state index contributed by atoms with van der Waals surface area (Å²) >= 11 is 0. The number of rotatable bonds is 5. The van der Waals surface area contributed by atoms with Crippen molar-refractivity contribution < 1.29 is 19.6 Å². The highest BCUT2D eigenvalue weighted by molar-refractivity contribution is 5.96. The Hall–Kier alpha value is -3.23. The minimum absolute atomic E-state index is 0.113. The van der Waals surface area contributed by atoms with E-state index in [9.17, 15) is 24.8 Å². The number of benzene rings is 1. The van der Waals surface area contributed by atoms with Crippen molar-refractivity contribution in [3.63, 3.8) is 0 Å². The molecule has 2 N–H and O–H groups in total. The van der Waals surface area contributed by atoms with Crippen LogP contribution in [0.5, 0.6) is 0 Å². The van der Waals surface area contributed by atoms with E-state index in [1.807, 2.05) is 0 Å². The van der Waals surface area contributed by atoms with Crippen molar-refractivity contribution in [1.29, 1.82) is 0 Å². The number of hydrogen-bond acceptors (Lipinski definition) is 5. The van der Waals surface area contributed by atoms with Crippen LogP contribution in [0.1, 0.15) is 43.0 Å². The molecule has 0 spiro atoms. The van der Waals surface area contributed by atoms with Crippen molar-refractivity contribution in [3.05, 3.63) is 52.6 Å². The Morgan fingerprint density at radius 3 is 2.81 bits per heavy atom. The first-order valence-electron chi connectivity index (χ1n) is 8.64. The SMILES string of the molecule is CC1(NC(=O)c2ccc(-n3ccnc3)c([N+](=O)[O-])c2)CCCCC1C(=O)O. The second-order valence-corrected chi connectivity index (χ2v) is 6.94. The fourth-order valence-electron chi connectivity index (χ4n) is 3.64. The number of amides is 1. The predicted molar refractivity (Wildman–Crippen MR) is 95.7 cm³/mol. The van der Waals surface area contributed by atoms with Gasteiger partial charge >= 0.3 is 5.97 Å². The number of carbonyl (C=O) groups is 2. The molecule has 9 nitrogen and oxygen atoms in total. The molecule has 0 bridgehead atoms. The molecule has 9 heteroatoms. The lowest BCUT2D eigenvalue weighted by molar-refractivity contribution is -0.384. The molecule has 142 valence electrons. The fourth-order valence-corrected chi connectivity index (χ4v) is 3.64. The van der Waals surface area contributed by atoms with Crippen molar-refractivity contribution in [1.82, 2.24) is 14.9 Å². The number of imidazole rings is 1. The predicted octanol–water partition coefficient (Wildman–Crippen LogP) is 2.54. The number of nitrogens with one attached hydrogen (secondary N) is 1. The van der Waals surface area contributed by atoms with E-state index in [4.69, 9.17) is 0 Å². The van der Waals surface area contributed by atoms with Crippen LogP contribution < -0.4 is 5.32 Å². The van der Waals surface area contributed by atoms with Gasteiger partial charge in [-0.15, -0.1) is 0 Å². The van der Waals surface area contributed by atoms with E-state index < -0.39 is 28.3 Å². The molecule has 1 saturated carbocycles. The van der Waals surface area contributed by atoms with Crippen molar-refractivity contribution in [2.24, 2.45) is 5.92 Å². The van der Waals surface area contributed by atoms with Gasteiger partial charge in [-0.1, -0.05) is 12.8 Å². The number of aromatic nitrogens is 2. The van der Waals surface area contributed by atoms with Crippen LogP contribution in [0, 0.1) is 16.0 Å². The summed E-state index contributed by atoms with van der Waals surface area (Å²) in [7, 11) is 0. The van der Waals surface area contributed by atoms with Crippen LogP contribution in [-0.2, 0) is 4.79 Å². The van der Waals surface area contributed by atoms with E-state index in [0.717, 1.165) is 12.8 Å². The largest absolute Gasteiger partial charge is 0.481 e. The minimum Gasteiger partial charge on any atom is -0.481 e. The Kier molecular flexibility index (Phi) is 4.93. The molecule has 1 aromatic heterocycles. The summed E-state index contributed by atoms with van der Waals surface area (Å²) in [6.45, 7) is 1.72. The fraction of sp³-hybridized carbons (Fsp3) is 0.389. The molecule has 0 aliphatic heterocycles. The van der Waals surface area contributed by atoms with Gasteiger partial charge in [-0.25, -0.2) is 4.98 Å². The zero-order valence-electron chi connectivity index (χ0n) is 14.8. The molecular formula is C18H20N4O5. The highest BCUT2D eigenvalue weighted by atomic mass is 16.6. The highest BCUT2D eigenvalue weighted by Crippen LogP contribution is 2.34. The third-order valence-corrected chi connectivity index (χ3v) is 5.12. The van der Waals surface area contributed by atoms with Crippen molar-refractivity contribution in [2.75, 3.05) is 0 Å². The molecule has 2 unspecified atom stereocenters. The first-order chi connectivity index (χ1) is 12.8. The maximum atomic E-state index is 12.7. The Bertz CT molecular complexity index is 880. The zero-order chi connectivity index (χ0) is 19.6. The second kappa shape index (κ2) is 7.18. The number of carboxylic acids is 1. The van der Waals surface area contributed by atoms with Gasteiger partial charge in [0.15, 0.2) is 0 Å². The van der Waals surface area contributed by atoms with Crippen LogP contribution in [0.2, 0.25) is 0 Å². The van der Waals surface area contributed by atoms with E-state index in [1.165, 1.54) is 35.3 Å². The van der Waals surface area contributed by atoms with Crippen molar-refractivity contribution >= 4 is 17.6 Å². The van der Waals surface area contributed by atoms with Gasteiger partial charge in [0.1, 0.15) is 5.69 Å². The number of nitrogens with zero attached hydrogens (tertiary/aromatic N) is 3. The van der Waals surface area contributed by atoms with Gasteiger partial charge in [0.25, 0.3) is 11.6 Å². The van der Waals surface area contributed by atoms with Gasteiger partial charge in [0.2, 0.25) is 0 Å². The smallest absolute Gasteiger partial charge is 0.308 e. The molecule has 27 heavy (non-hydrogen) atoms. The summed E-state index contributed by atoms with van der Waals surface area (Å²) in [4.78, 5) is 39.0. The van der Waals surface area contributed by atoms with E-state index in [0.29, 0.717) is 18.5 Å². The van der Waals surface area contributed by atoms with Crippen LogP contribution in [0.15, 0.2) is 36.9 Å². The van der Waals surface area contributed by atoms with Crippen LogP contribution in [-0.4, -0.2) is 37.0 Å². The van der Waals surface area contributed by atoms with Crippen LogP contribution in [0.25, 0.3) is 5.69 Å². The number of nitro groups is 1. The maximum absolute atomic E-state index is 12.7. The molecule has 1 fully saturated rings. The molecule has 2 atom stereocenters.